The number of hydrogen-bond donors (Lipinski definition) is 1. The number of ether oxygens (including phenoxy) is 1. The van der Waals surface area contributed by atoms with Crippen LogP contribution in [-0.4, -0.2) is 15.1 Å². The maximum absolute atomic E-state index is 10.9. The number of nitrogens with zero attached hydrogens (tertiary/aromatic N) is 2. The van der Waals surface area contributed by atoms with Crippen LogP contribution in [0.1, 0.15) is 79.0 Å². The quantitative estimate of drug-likeness (QED) is 0.181. The second-order valence-corrected chi connectivity index (χ2v) is 14.6. The monoisotopic (exact) mass is 778 g/mol. The number of phenols is 1. The van der Waals surface area contributed by atoms with Gasteiger partial charge in [0.05, 0.1) is 5.69 Å². The minimum absolute atomic E-state index is 0. The minimum Gasteiger partial charge on any atom is -0.507 e. The molecule has 0 saturated heterocycles. The van der Waals surface area contributed by atoms with E-state index >= 15 is 0 Å². The molecule has 0 atom stereocenters. The first-order valence-electron chi connectivity index (χ1n) is 15.2. The Morgan fingerprint density at radius 1 is 0.622 bits per heavy atom. The SMILES string of the molecule is CC(C)(C)c1cc(Oc2ccccn2)[c-]c(-c2cc(-c3cc(C(C)(C)C)cc(C(C)(C)C)c3)cc(-c3ccccc3O)n2)c1.[Pt]. The van der Waals surface area contributed by atoms with Gasteiger partial charge in [-0.1, -0.05) is 117 Å². The van der Waals surface area contributed by atoms with Crippen LogP contribution in [0.3, 0.4) is 0 Å². The van der Waals surface area contributed by atoms with Crippen LogP contribution in [0.4, 0.5) is 0 Å². The molecule has 1 N–H and O–H groups in total. The summed E-state index contributed by atoms with van der Waals surface area (Å²) in [6.07, 6.45) is 1.71. The molecule has 4 nitrogen and oxygen atoms in total. The van der Waals surface area contributed by atoms with Crippen molar-refractivity contribution in [1.29, 1.82) is 0 Å². The molecular weight excluding hydrogens is 736 g/mol. The predicted octanol–water partition coefficient (Wildman–Crippen LogP) is 10.7. The first-order chi connectivity index (χ1) is 20.6. The Bertz CT molecular complexity index is 1760. The Morgan fingerprint density at radius 2 is 1.18 bits per heavy atom. The van der Waals surface area contributed by atoms with Crippen molar-refractivity contribution in [3.8, 4) is 51.0 Å². The number of para-hydroxylation sites is 1. The van der Waals surface area contributed by atoms with Crippen molar-refractivity contribution in [3.05, 3.63) is 114 Å². The molecule has 0 amide bonds. The average Bonchev–Trinajstić information content (AvgIpc) is 2.96. The van der Waals surface area contributed by atoms with Gasteiger partial charge in [0.1, 0.15) is 5.75 Å². The van der Waals surface area contributed by atoms with Crippen LogP contribution < -0.4 is 4.74 Å². The second-order valence-electron chi connectivity index (χ2n) is 14.6. The van der Waals surface area contributed by atoms with E-state index in [2.05, 4.69) is 110 Å². The van der Waals surface area contributed by atoms with E-state index in [-0.39, 0.29) is 43.1 Å². The Kier molecular flexibility index (Phi) is 9.81. The second kappa shape index (κ2) is 12.9. The number of pyridine rings is 2. The average molecular weight is 779 g/mol. The fourth-order valence-electron chi connectivity index (χ4n) is 5.01. The van der Waals surface area contributed by atoms with Gasteiger partial charge in [-0.15, -0.1) is 17.2 Å². The summed E-state index contributed by atoms with van der Waals surface area (Å²) in [7, 11) is 0. The van der Waals surface area contributed by atoms with Gasteiger partial charge in [0.2, 0.25) is 5.88 Å². The molecule has 5 aromatic rings. The Balaban J connectivity index is 0.00000461. The molecule has 0 fully saturated rings. The van der Waals surface area contributed by atoms with Gasteiger partial charge in [0, 0.05) is 44.6 Å². The zero-order valence-corrected chi connectivity index (χ0v) is 30.0. The van der Waals surface area contributed by atoms with Crippen molar-refractivity contribution in [1.82, 2.24) is 9.97 Å². The summed E-state index contributed by atoms with van der Waals surface area (Å²) in [5, 5.41) is 10.9. The van der Waals surface area contributed by atoms with E-state index in [1.165, 1.54) is 11.1 Å². The molecule has 0 aliphatic carbocycles. The molecular formula is C40H43N2O2Pt-. The summed E-state index contributed by atoms with van der Waals surface area (Å²) in [5.74, 6) is 1.27. The van der Waals surface area contributed by atoms with E-state index in [9.17, 15) is 5.11 Å². The number of phenolic OH excluding ortho intramolecular Hbond substituents is 1. The Morgan fingerprint density at radius 3 is 1.76 bits per heavy atom. The van der Waals surface area contributed by atoms with Gasteiger partial charge >= 0.3 is 0 Å². The largest absolute Gasteiger partial charge is 0.507 e. The first kappa shape index (κ1) is 34.1. The number of rotatable bonds is 5. The van der Waals surface area contributed by atoms with Crippen LogP contribution in [0.25, 0.3) is 33.6 Å². The van der Waals surface area contributed by atoms with E-state index in [1.54, 1.807) is 12.3 Å². The van der Waals surface area contributed by atoms with Crippen molar-refractivity contribution in [2.24, 2.45) is 0 Å². The first-order valence-corrected chi connectivity index (χ1v) is 15.2. The van der Waals surface area contributed by atoms with Gasteiger partial charge in [-0.05, 0) is 68.5 Å². The zero-order chi connectivity index (χ0) is 31.9. The molecule has 236 valence electrons. The normalized spacial score (nSPS) is 12.0. The molecule has 0 bridgehead atoms. The third-order valence-electron chi connectivity index (χ3n) is 7.84. The van der Waals surface area contributed by atoms with Gasteiger partial charge in [-0.3, -0.25) is 4.98 Å². The fourth-order valence-corrected chi connectivity index (χ4v) is 5.01. The smallest absolute Gasteiger partial charge is 0.217 e. The van der Waals surface area contributed by atoms with Gasteiger partial charge in [-0.25, -0.2) is 4.98 Å². The summed E-state index contributed by atoms with van der Waals surface area (Å²) in [6, 6.07) is 31.7. The van der Waals surface area contributed by atoms with Crippen molar-refractivity contribution in [3.63, 3.8) is 0 Å². The van der Waals surface area contributed by atoms with Gasteiger partial charge in [0.15, 0.2) is 0 Å². The molecule has 0 spiro atoms. The predicted molar refractivity (Wildman–Crippen MR) is 181 cm³/mol. The molecule has 0 aliphatic heterocycles. The van der Waals surface area contributed by atoms with Crippen LogP contribution in [0, 0.1) is 6.07 Å². The molecule has 2 aromatic heterocycles. The maximum atomic E-state index is 10.9. The van der Waals surface area contributed by atoms with Crippen molar-refractivity contribution in [2.75, 3.05) is 0 Å². The molecule has 45 heavy (non-hydrogen) atoms. The molecule has 0 aliphatic rings. The van der Waals surface area contributed by atoms with E-state index in [0.29, 0.717) is 22.9 Å². The van der Waals surface area contributed by atoms with Gasteiger partial charge in [-0.2, -0.15) is 0 Å². The summed E-state index contributed by atoms with van der Waals surface area (Å²) in [5.41, 5.74) is 8.49. The van der Waals surface area contributed by atoms with Crippen LogP contribution in [0.5, 0.6) is 17.4 Å². The van der Waals surface area contributed by atoms with Crippen molar-refractivity contribution < 1.29 is 30.9 Å². The van der Waals surface area contributed by atoms with E-state index < -0.39 is 0 Å². The Labute approximate surface area is 283 Å². The third-order valence-corrected chi connectivity index (χ3v) is 7.84. The number of benzene rings is 3. The van der Waals surface area contributed by atoms with Crippen LogP contribution in [0.15, 0.2) is 91.1 Å². The standard InChI is InChI=1S/C40H43N2O2.Pt/c1-38(2,3)29-18-26(19-30(24-29)39(4,5)6)27-22-34(42-35(23-27)33-14-10-11-15-36(33)43)28-20-31(40(7,8)9)25-32(21-28)44-37-16-12-13-17-41-37;/h10-20,22-25,43H,1-9H3;/q-1;. The maximum Gasteiger partial charge on any atom is 0.217 e. The van der Waals surface area contributed by atoms with Crippen LogP contribution in [-0.2, 0) is 37.3 Å². The molecule has 5 heteroatoms. The van der Waals surface area contributed by atoms with E-state index in [0.717, 1.165) is 27.9 Å². The summed E-state index contributed by atoms with van der Waals surface area (Å²) in [4.78, 5) is 9.47. The topological polar surface area (TPSA) is 55.2 Å². The summed E-state index contributed by atoms with van der Waals surface area (Å²) < 4.78 is 6.20. The van der Waals surface area contributed by atoms with Gasteiger partial charge < -0.3 is 9.84 Å². The Hall–Kier alpha value is -3.75. The van der Waals surface area contributed by atoms with Gasteiger partial charge in [0.25, 0.3) is 0 Å². The van der Waals surface area contributed by atoms with Crippen molar-refractivity contribution >= 4 is 0 Å². The van der Waals surface area contributed by atoms with E-state index in [4.69, 9.17) is 9.72 Å². The number of aromatic nitrogens is 2. The zero-order valence-electron chi connectivity index (χ0n) is 27.7. The number of aromatic hydroxyl groups is 1. The molecule has 0 radical (unpaired) electrons. The molecule has 2 heterocycles. The summed E-state index contributed by atoms with van der Waals surface area (Å²) >= 11 is 0. The molecule has 0 saturated carbocycles. The third kappa shape index (κ3) is 8.10. The molecule has 3 aromatic carbocycles. The summed E-state index contributed by atoms with van der Waals surface area (Å²) in [6.45, 7) is 20.0. The number of hydrogen-bond acceptors (Lipinski definition) is 4. The van der Waals surface area contributed by atoms with E-state index in [1.807, 2.05) is 42.5 Å². The fraction of sp³-hybridized carbons (Fsp3) is 0.300. The molecule has 5 rings (SSSR count). The van der Waals surface area contributed by atoms with Crippen molar-refractivity contribution in [2.45, 2.75) is 78.6 Å². The van der Waals surface area contributed by atoms with Crippen LogP contribution >= 0.6 is 0 Å². The molecule has 0 unspecified atom stereocenters. The van der Waals surface area contributed by atoms with Crippen LogP contribution in [0.2, 0.25) is 0 Å². The minimum atomic E-state index is -0.146.